The Balaban J connectivity index is 1.57. The highest BCUT2D eigenvalue weighted by Crippen LogP contribution is 2.29. The van der Waals surface area contributed by atoms with E-state index in [1.54, 1.807) is 0 Å². The third kappa shape index (κ3) is 4.04. The molecule has 0 aliphatic carbocycles. The molecule has 0 unspecified atom stereocenters. The van der Waals surface area contributed by atoms with Crippen LogP contribution in [0.3, 0.4) is 0 Å². The molecule has 0 radical (unpaired) electrons. The van der Waals surface area contributed by atoms with Gasteiger partial charge in [-0.15, -0.1) is 0 Å². The lowest BCUT2D eigenvalue weighted by Crippen LogP contribution is -2.52. The van der Waals surface area contributed by atoms with Crippen LogP contribution in [-0.2, 0) is 6.54 Å². The second kappa shape index (κ2) is 8.31. The molecule has 1 atom stereocenters. The summed E-state index contributed by atoms with van der Waals surface area (Å²) in [6.45, 7) is 4.22. The summed E-state index contributed by atoms with van der Waals surface area (Å²) >= 11 is 0. The van der Waals surface area contributed by atoms with Crippen LogP contribution in [0, 0.1) is 0 Å². The van der Waals surface area contributed by atoms with Gasteiger partial charge in [0.25, 0.3) is 0 Å². The fraction of sp³-hybridized carbons (Fsp3) is 0.250. The maximum absolute atomic E-state index is 3.79. The van der Waals surface area contributed by atoms with Gasteiger partial charge in [-0.25, -0.2) is 0 Å². The Morgan fingerprint density at radius 3 is 1.88 bits per heavy atom. The molecule has 1 N–H and O–H groups in total. The van der Waals surface area contributed by atoms with Crippen LogP contribution < -0.4 is 5.32 Å². The van der Waals surface area contributed by atoms with E-state index in [0.717, 1.165) is 26.2 Å². The van der Waals surface area contributed by atoms with E-state index in [0.29, 0.717) is 12.0 Å². The van der Waals surface area contributed by atoms with E-state index in [9.17, 15) is 0 Å². The van der Waals surface area contributed by atoms with Gasteiger partial charge in [0.15, 0.2) is 0 Å². The maximum atomic E-state index is 3.79. The summed E-state index contributed by atoms with van der Waals surface area (Å²) < 4.78 is 0. The lowest BCUT2D eigenvalue weighted by atomic mass is 9.84. The first kappa shape index (κ1) is 17.0. The van der Waals surface area contributed by atoms with Crippen molar-refractivity contribution in [1.82, 2.24) is 10.2 Å². The fourth-order valence-corrected chi connectivity index (χ4v) is 4.03. The van der Waals surface area contributed by atoms with E-state index in [1.807, 2.05) is 0 Å². The van der Waals surface area contributed by atoms with Gasteiger partial charge < -0.3 is 5.32 Å². The number of benzene rings is 3. The molecule has 3 aromatic rings. The summed E-state index contributed by atoms with van der Waals surface area (Å²) in [7, 11) is 0. The second-order valence-electron chi connectivity index (χ2n) is 7.08. The average Bonchev–Trinajstić information content (AvgIpc) is 2.71. The number of nitrogens with zero attached hydrogens (tertiary/aromatic N) is 1. The third-order valence-corrected chi connectivity index (χ3v) is 5.26. The first-order valence-electron chi connectivity index (χ1n) is 9.50. The van der Waals surface area contributed by atoms with E-state index in [2.05, 4.69) is 101 Å². The van der Waals surface area contributed by atoms with E-state index in [-0.39, 0.29) is 0 Å². The molecule has 132 valence electrons. The van der Waals surface area contributed by atoms with E-state index >= 15 is 0 Å². The molecule has 0 spiro atoms. The molecular formula is C24H26N2. The Bertz CT molecular complexity index is 747. The van der Waals surface area contributed by atoms with E-state index in [4.69, 9.17) is 0 Å². The number of piperazine rings is 1. The molecule has 2 heteroatoms. The van der Waals surface area contributed by atoms with Gasteiger partial charge in [-0.3, -0.25) is 4.90 Å². The SMILES string of the molecule is c1ccc(CN2CCN[C@H](C(c3ccccc3)c3ccccc3)C2)cc1. The highest BCUT2D eigenvalue weighted by atomic mass is 15.2. The van der Waals surface area contributed by atoms with Gasteiger partial charge in [-0.05, 0) is 16.7 Å². The standard InChI is InChI=1S/C24H26N2/c1-4-10-20(11-5-1)18-26-17-16-25-23(19-26)24(21-12-6-2-7-13-21)22-14-8-3-9-15-22/h1-15,23-25H,16-19H2/t23-/m0/s1. The monoisotopic (exact) mass is 342 g/mol. The van der Waals surface area contributed by atoms with Gasteiger partial charge in [0.1, 0.15) is 0 Å². The molecule has 1 aliphatic heterocycles. The zero-order valence-electron chi connectivity index (χ0n) is 15.1. The van der Waals surface area contributed by atoms with Crippen molar-refractivity contribution in [3.05, 3.63) is 108 Å². The zero-order valence-corrected chi connectivity index (χ0v) is 15.1. The van der Waals surface area contributed by atoms with Crippen molar-refractivity contribution in [3.8, 4) is 0 Å². The fourth-order valence-electron chi connectivity index (χ4n) is 4.03. The first-order valence-corrected chi connectivity index (χ1v) is 9.50. The minimum Gasteiger partial charge on any atom is -0.310 e. The summed E-state index contributed by atoms with van der Waals surface area (Å²) in [6.07, 6.45) is 0. The van der Waals surface area contributed by atoms with Gasteiger partial charge >= 0.3 is 0 Å². The number of hydrogen-bond acceptors (Lipinski definition) is 2. The normalized spacial score (nSPS) is 18.1. The smallest absolute Gasteiger partial charge is 0.0304 e. The molecule has 26 heavy (non-hydrogen) atoms. The highest BCUT2D eigenvalue weighted by molar-refractivity contribution is 5.34. The molecule has 1 aliphatic rings. The summed E-state index contributed by atoms with van der Waals surface area (Å²) in [6, 6.07) is 33.0. The molecule has 0 bridgehead atoms. The molecule has 4 rings (SSSR count). The number of rotatable bonds is 5. The van der Waals surface area contributed by atoms with Crippen LogP contribution in [0.5, 0.6) is 0 Å². The molecule has 0 aromatic heterocycles. The van der Waals surface area contributed by atoms with Crippen molar-refractivity contribution in [3.63, 3.8) is 0 Å². The Kier molecular flexibility index (Phi) is 5.44. The molecule has 3 aromatic carbocycles. The predicted molar refractivity (Wildman–Crippen MR) is 108 cm³/mol. The maximum Gasteiger partial charge on any atom is 0.0304 e. The van der Waals surface area contributed by atoms with E-state index in [1.165, 1.54) is 16.7 Å². The van der Waals surface area contributed by atoms with Crippen molar-refractivity contribution >= 4 is 0 Å². The first-order chi connectivity index (χ1) is 12.9. The Hall–Kier alpha value is -2.42. The van der Waals surface area contributed by atoms with Gasteiger partial charge in [0, 0.05) is 38.1 Å². The quantitative estimate of drug-likeness (QED) is 0.744. The topological polar surface area (TPSA) is 15.3 Å². The van der Waals surface area contributed by atoms with Crippen LogP contribution in [0.1, 0.15) is 22.6 Å². The summed E-state index contributed by atoms with van der Waals surface area (Å²) in [4.78, 5) is 2.58. The minimum absolute atomic E-state index is 0.371. The van der Waals surface area contributed by atoms with Crippen LogP contribution in [0.4, 0.5) is 0 Å². The second-order valence-corrected chi connectivity index (χ2v) is 7.08. The molecule has 1 heterocycles. The molecule has 2 nitrogen and oxygen atoms in total. The van der Waals surface area contributed by atoms with Crippen molar-refractivity contribution < 1.29 is 0 Å². The summed E-state index contributed by atoms with van der Waals surface area (Å²) in [5, 5.41) is 3.79. The molecular weight excluding hydrogens is 316 g/mol. The third-order valence-electron chi connectivity index (χ3n) is 5.26. The van der Waals surface area contributed by atoms with Gasteiger partial charge in [0.05, 0.1) is 0 Å². The van der Waals surface area contributed by atoms with Crippen LogP contribution in [0.15, 0.2) is 91.0 Å². The minimum atomic E-state index is 0.371. The number of hydrogen-bond donors (Lipinski definition) is 1. The lowest BCUT2D eigenvalue weighted by Gasteiger charge is -2.38. The van der Waals surface area contributed by atoms with Crippen molar-refractivity contribution in [2.75, 3.05) is 19.6 Å². The van der Waals surface area contributed by atoms with Gasteiger partial charge in [-0.2, -0.15) is 0 Å². The summed E-state index contributed by atoms with van der Waals surface area (Å²) in [5.41, 5.74) is 4.17. The Morgan fingerprint density at radius 1 is 0.769 bits per heavy atom. The van der Waals surface area contributed by atoms with E-state index < -0.39 is 0 Å². The zero-order chi connectivity index (χ0) is 17.6. The predicted octanol–water partition coefficient (Wildman–Crippen LogP) is 4.29. The molecule has 0 amide bonds. The van der Waals surface area contributed by atoms with Crippen LogP contribution in [0.25, 0.3) is 0 Å². The van der Waals surface area contributed by atoms with Crippen molar-refractivity contribution in [2.45, 2.75) is 18.5 Å². The van der Waals surface area contributed by atoms with Crippen LogP contribution in [0.2, 0.25) is 0 Å². The van der Waals surface area contributed by atoms with Crippen LogP contribution in [-0.4, -0.2) is 30.6 Å². The summed E-state index contributed by atoms with van der Waals surface area (Å²) in [5.74, 6) is 0.371. The van der Waals surface area contributed by atoms with Gasteiger partial charge in [0.2, 0.25) is 0 Å². The molecule has 0 saturated carbocycles. The van der Waals surface area contributed by atoms with Gasteiger partial charge in [-0.1, -0.05) is 91.0 Å². The molecule has 1 saturated heterocycles. The Labute approximate surface area is 156 Å². The molecule has 1 fully saturated rings. The highest BCUT2D eigenvalue weighted by Gasteiger charge is 2.29. The largest absolute Gasteiger partial charge is 0.310 e. The van der Waals surface area contributed by atoms with Crippen molar-refractivity contribution in [2.24, 2.45) is 0 Å². The van der Waals surface area contributed by atoms with Crippen LogP contribution >= 0.6 is 0 Å². The Morgan fingerprint density at radius 2 is 1.31 bits per heavy atom. The van der Waals surface area contributed by atoms with Crippen molar-refractivity contribution in [1.29, 1.82) is 0 Å². The lowest BCUT2D eigenvalue weighted by molar-refractivity contribution is 0.184. The average molecular weight is 342 g/mol. The number of nitrogens with one attached hydrogen (secondary N) is 1.